The molecule has 2 aromatic carbocycles. The van der Waals surface area contributed by atoms with E-state index >= 15 is 0 Å². The summed E-state index contributed by atoms with van der Waals surface area (Å²) in [5.74, 6) is 0.218. The number of likely N-dealkylation sites (tertiary alicyclic amines) is 1. The molecular weight excluding hydrogens is 340 g/mol. The van der Waals surface area contributed by atoms with E-state index in [1.165, 1.54) is 11.1 Å². The van der Waals surface area contributed by atoms with Crippen LogP contribution in [0, 0.1) is 0 Å². The van der Waals surface area contributed by atoms with Crippen LogP contribution >= 0.6 is 0 Å². The monoisotopic (exact) mass is 366 g/mol. The Morgan fingerprint density at radius 1 is 0.889 bits per heavy atom. The molecule has 1 aliphatic rings. The van der Waals surface area contributed by atoms with Crippen LogP contribution in [0.25, 0.3) is 0 Å². The molecule has 2 aromatic rings. The third-order valence-electron chi connectivity index (χ3n) is 4.71. The highest BCUT2D eigenvalue weighted by atomic mass is 16.6. The van der Waals surface area contributed by atoms with Crippen LogP contribution in [0.4, 0.5) is 4.79 Å². The Morgan fingerprint density at radius 2 is 1.41 bits per heavy atom. The molecule has 5 nitrogen and oxygen atoms in total. The molecule has 142 valence electrons. The Bertz CT molecular complexity index is 682. The number of hydrogen-bond acceptors (Lipinski definition) is 4. The minimum Gasteiger partial charge on any atom is -0.448 e. The molecule has 1 heterocycles. The van der Waals surface area contributed by atoms with Crippen molar-refractivity contribution < 1.29 is 14.3 Å². The number of ether oxygens (including phenoxy) is 1. The van der Waals surface area contributed by atoms with Gasteiger partial charge in [-0.1, -0.05) is 60.7 Å². The molecule has 1 aliphatic heterocycles. The van der Waals surface area contributed by atoms with E-state index in [1.807, 2.05) is 36.4 Å². The van der Waals surface area contributed by atoms with E-state index in [0.717, 1.165) is 13.1 Å². The number of benzene rings is 2. The van der Waals surface area contributed by atoms with Gasteiger partial charge in [-0.15, -0.1) is 0 Å². The normalized spacial score (nSPS) is 14.4. The van der Waals surface area contributed by atoms with Crippen LogP contribution in [0.15, 0.2) is 60.7 Å². The minimum absolute atomic E-state index is 0.218. The molecule has 0 N–H and O–H groups in total. The van der Waals surface area contributed by atoms with Crippen LogP contribution in [0.5, 0.6) is 0 Å². The van der Waals surface area contributed by atoms with E-state index in [-0.39, 0.29) is 11.9 Å². The van der Waals surface area contributed by atoms with Crippen molar-refractivity contribution in [3.8, 4) is 0 Å². The summed E-state index contributed by atoms with van der Waals surface area (Å²) in [5, 5.41) is 0. The SMILES string of the molecule is O=C1CCN(C(=O)OCCN(Cc2ccccc2)Cc2ccccc2)CC1. The number of rotatable bonds is 7. The van der Waals surface area contributed by atoms with Crippen molar-refractivity contribution in [2.24, 2.45) is 0 Å². The van der Waals surface area contributed by atoms with Crippen LogP contribution in [0.1, 0.15) is 24.0 Å². The highest BCUT2D eigenvalue weighted by Crippen LogP contribution is 2.11. The number of carbonyl (C=O) groups is 2. The van der Waals surface area contributed by atoms with Gasteiger partial charge in [0, 0.05) is 45.6 Å². The van der Waals surface area contributed by atoms with Crippen LogP contribution in [-0.2, 0) is 22.6 Å². The van der Waals surface area contributed by atoms with Crippen molar-refractivity contribution in [3.05, 3.63) is 71.8 Å². The molecule has 0 aliphatic carbocycles. The summed E-state index contributed by atoms with van der Waals surface area (Å²) >= 11 is 0. The molecule has 0 aromatic heterocycles. The van der Waals surface area contributed by atoms with Crippen LogP contribution < -0.4 is 0 Å². The summed E-state index contributed by atoms with van der Waals surface area (Å²) in [7, 11) is 0. The third kappa shape index (κ3) is 6.22. The summed E-state index contributed by atoms with van der Waals surface area (Å²) in [4.78, 5) is 27.4. The Morgan fingerprint density at radius 3 is 1.93 bits per heavy atom. The van der Waals surface area contributed by atoms with Gasteiger partial charge in [-0.05, 0) is 11.1 Å². The molecule has 3 rings (SSSR count). The summed E-state index contributed by atoms with van der Waals surface area (Å²) in [6.45, 7) is 3.52. The van der Waals surface area contributed by atoms with E-state index < -0.39 is 0 Å². The van der Waals surface area contributed by atoms with Gasteiger partial charge < -0.3 is 9.64 Å². The lowest BCUT2D eigenvalue weighted by molar-refractivity contribution is -0.121. The van der Waals surface area contributed by atoms with Gasteiger partial charge >= 0.3 is 6.09 Å². The maximum absolute atomic E-state index is 12.2. The van der Waals surface area contributed by atoms with Crippen molar-refractivity contribution in [1.29, 1.82) is 0 Å². The molecule has 0 bridgehead atoms. The summed E-state index contributed by atoms with van der Waals surface area (Å²) in [6, 6.07) is 20.6. The first-order valence-corrected chi connectivity index (χ1v) is 9.44. The lowest BCUT2D eigenvalue weighted by atomic mass is 10.1. The second-order valence-corrected chi connectivity index (χ2v) is 6.82. The molecule has 0 radical (unpaired) electrons. The Labute approximate surface area is 160 Å². The second kappa shape index (κ2) is 9.88. The fourth-order valence-electron chi connectivity index (χ4n) is 3.19. The van der Waals surface area contributed by atoms with Crippen molar-refractivity contribution in [2.75, 3.05) is 26.2 Å². The maximum Gasteiger partial charge on any atom is 0.409 e. The average molecular weight is 366 g/mol. The molecule has 0 saturated carbocycles. The number of amides is 1. The third-order valence-corrected chi connectivity index (χ3v) is 4.71. The number of ketones is 1. The topological polar surface area (TPSA) is 49.9 Å². The number of piperidine rings is 1. The van der Waals surface area contributed by atoms with Crippen molar-refractivity contribution in [3.63, 3.8) is 0 Å². The Kier molecular flexibility index (Phi) is 6.99. The lowest BCUT2D eigenvalue weighted by Gasteiger charge is -2.26. The fourth-order valence-corrected chi connectivity index (χ4v) is 3.19. The largest absolute Gasteiger partial charge is 0.448 e. The van der Waals surface area contributed by atoms with Gasteiger partial charge in [0.25, 0.3) is 0 Å². The standard InChI is InChI=1S/C22H26N2O3/c25-21-11-13-24(14-12-21)22(26)27-16-15-23(17-19-7-3-1-4-8-19)18-20-9-5-2-6-10-20/h1-10H,11-18H2. The highest BCUT2D eigenvalue weighted by molar-refractivity contribution is 5.81. The maximum atomic E-state index is 12.2. The number of hydrogen-bond donors (Lipinski definition) is 0. The molecule has 27 heavy (non-hydrogen) atoms. The van der Waals surface area contributed by atoms with Gasteiger partial charge in [-0.2, -0.15) is 0 Å². The first-order chi connectivity index (χ1) is 13.2. The predicted molar refractivity (Wildman–Crippen MR) is 104 cm³/mol. The summed E-state index contributed by atoms with van der Waals surface area (Å²) in [5.41, 5.74) is 2.46. The van der Waals surface area contributed by atoms with E-state index in [2.05, 4.69) is 29.2 Å². The average Bonchev–Trinajstić information content (AvgIpc) is 2.70. The minimum atomic E-state index is -0.318. The van der Waals surface area contributed by atoms with Gasteiger partial charge in [0.1, 0.15) is 12.4 Å². The van der Waals surface area contributed by atoms with Gasteiger partial charge in [-0.3, -0.25) is 9.69 Å². The Hall–Kier alpha value is -2.66. The van der Waals surface area contributed by atoms with E-state index in [0.29, 0.717) is 39.1 Å². The summed E-state index contributed by atoms with van der Waals surface area (Å²) in [6.07, 6.45) is 0.550. The van der Waals surface area contributed by atoms with Crippen LogP contribution in [0.3, 0.4) is 0 Å². The molecule has 0 atom stereocenters. The van der Waals surface area contributed by atoms with E-state index in [1.54, 1.807) is 4.90 Å². The smallest absolute Gasteiger partial charge is 0.409 e. The van der Waals surface area contributed by atoms with Crippen molar-refractivity contribution in [2.45, 2.75) is 25.9 Å². The zero-order valence-corrected chi connectivity index (χ0v) is 15.5. The molecule has 1 amide bonds. The number of carbonyl (C=O) groups excluding carboxylic acids is 2. The first-order valence-electron chi connectivity index (χ1n) is 9.44. The van der Waals surface area contributed by atoms with Gasteiger partial charge in [0.15, 0.2) is 0 Å². The number of nitrogens with zero attached hydrogens (tertiary/aromatic N) is 2. The molecule has 1 fully saturated rings. The fraction of sp³-hybridized carbons (Fsp3) is 0.364. The van der Waals surface area contributed by atoms with E-state index in [4.69, 9.17) is 4.74 Å². The summed E-state index contributed by atoms with van der Waals surface area (Å²) < 4.78 is 5.46. The molecule has 1 saturated heterocycles. The van der Waals surface area contributed by atoms with Gasteiger partial charge in [0.05, 0.1) is 0 Å². The quantitative estimate of drug-likeness (QED) is 0.753. The first kappa shape index (κ1) is 19.1. The van der Waals surface area contributed by atoms with Gasteiger partial charge in [0.2, 0.25) is 0 Å². The molecular formula is C22H26N2O3. The highest BCUT2D eigenvalue weighted by Gasteiger charge is 2.21. The zero-order chi connectivity index (χ0) is 18.9. The Balaban J connectivity index is 1.52. The van der Waals surface area contributed by atoms with Crippen molar-refractivity contribution in [1.82, 2.24) is 9.80 Å². The molecule has 0 unspecified atom stereocenters. The molecule has 0 spiro atoms. The van der Waals surface area contributed by atoms with E-state index in [9.17, 15) is 9.59 Å². The lowest BCUT2D eigenvalue weighted by Crippen LogP contribution is -2.40. The number of Topliss-reactive ketones (excluding diaryl/α,β-unsaturated/α-hetero) is 1. The van der Waals surface area contributed by atoms with Gasteiger partial charge in [-0.25, -0.2) is 4.79 Å². The van der Waals surface area contributed by atoms with Crippen LogP contribution in [-0.4, -0.2) is 47.9 Å². The molecule has 5 heteroatoms. The predicted octanol–water partition coefficient (Wildman–Crippen LogP) is 3.49. The van der Waals surface area contributed by atoms with Crippen LogP contribution in [0.2, 0.25) is 0 Å². The zero-order valence-electron chi connectivity index (χ0n) is 15.5. The van der Waals surface area contributed by atoms with Crippen molar-refractivity contribution >= 4 is 11.9 Å². The second-order valence-electron chi connectivity index (χ2n) is 6.82.